The van der Waals surface area contributed by atoms with E-state index in [1.165, 1.54) is 0 Å². The van der Waals surface area contributed by atoms with E-state index in [1.807, 2.05) is 13.8 Å². The number of aromatic nitrogens is 2. The SMILES string of the molecule is CC(C)(N)COc1ncccn1. The van der Waals surface area contributed by atoms with E-state index >= 15 is 0 Å². The molecular weight excluding hydrogens is 154 g/mol. The van der Waals surface area contributed by atoms with Gasteiger partial charge in [0.2, 0.25) is 0 Å². The van der Waals surface area contributed by atoms with Crippen molar-refractivity contribution in [3.05, 3.63) is 18.5 Å². The van der Waals surface area contributed by atoms with E-state index in [0.717, 1.165) is 0 Å². The summed E-state index contributed by atoms with van der Waals surface area (Å²) >= 11 is 0. The maximum atomic E-state index is 5.70. The summed E-state index contributed by atoms with van der Waals surface area (Å²) in [5.41, 5.74) is 5.35. The molecule has 0 aromatic carbocycles. The third-order valence-electron chi connectivity index (χ3n) is 1.12. The first-order valence-electron chi connectivity index (χ1n) is 3.77. The van der Waals surface area contributed by atoms with Crippen LogP contribution in [0.25, 0.3) is 0 Å². The van der Waals surface area contributed by atoms with Gasteiger partial charge in [-0.1, -0.05) is 0 Å². The third-order valence-corrected chi connectivity index (χ3v) is 1.12. The highest BCUT2D eigenvalue weighted by molar-refractivity contribution is 4.94. The summed E-state index contributed by atoms with van der Waals surface area (Å²) in [6, 6.07) is 2.11. The van der Waals surface area contributed by atoms with Gasteiger partial charge in [0.25, 0.3) is 0 Å². The Hall–Kier alpha value is -1.16. The molecule has 0 aliphatic carbocycles. The molecule has 0 atom stereocenters. The van der Waals surface area contributed by atoms with Crippen LogP contribution in [0.3, 0.4) is 0 Å². The highest BCUT2D eigenvalue weighted by atomic mass is 16.5. The normalized spacial score (nSPS) is 11.2. The van der Waals surface area contributed by atoms with Crippen LogP contribution in [0.2, 0.25) is 0 Å². The molecule has 1 heterocycles. The lowest BCUT2D eigenvalue weighted by atomic mass is 10.1. The molecule has 0 aliphatic rings. The molecule has 4 heteroatoms. The molecule has 0 amide bonds. The van der Waals surface area contributed by atoms with E-state index in [4.69, 9.17) is 10.5 Å². The molecule has 0 bridgehead atoms. The van der Waals surface area contributed by atoms with Crippen LogP contribution >= 0.6 is 0 Å². The Labute approximate surface area is 71.8 Å². The molecule has 0 saturated carbocycles. The van der Waals surface area contributed by atoms with Crippen molar-refractivity contribution in [2.75, 3.05) is 6.61 Å². The fourth-order valence-electron chi connectivity index (χ4n) is 0.611. The Kier molecular flexibility index (Phi) is 2.60. The van der Waals surface area contributed by atoms with Crippen LogP contribution in [0, 0.1) is 0 Å². The summed E-state index contributed by atoms with van der Waals surface area (Å²) in [6.07, 6.45) is 3.26. The predicted octanol–water partition coefficient (Wildman–Crippen LogP) is 0.593. The van der Waals surface area contributed by atoms with E-state index in [9.17, 15) is 0 Å². The largest absolute Gasteiger partial charge is 0.462 e. The lowest BCUT2D eigenvalue weighted by Crippen LogP contribution is -2.38. The van der Waals surface area contributed by atoms with E-state index in [0.29, 0.717) is 12.6 Å². The number of nitrogens with two attached hydrogens (primary N) is 1. The molecule has 1 aromatic rings. The average Bonchev–Trinajstić information content (AvgIpc) is 2.02. The average molecular weight is 167 g/mol. The van der Waals surface area contributed by atoms with Crippen molar-refractivity contribution >= 4 is 0 Å². The van der Waals surface area contributed by atoms with Crippen molar-refractivity contribution in [2.24, 2.45) is 5.73 Å². The summed E-state index contributed by atoms with van der Waals surface area (Å²) in [5, 5.41) is 0. The van der Waals surface area contributed by atoms with Gasteiger partial charge < -0.3 is 10.5 Å². The van der Waals surface area contributed by atoms with Crippen LogP contribution in [-0.4, -0.2) is 22.1 Å². The lowest BCUT2D eigenvalue weighted by Gasteiger charge is -2.17. The first-order valence-corrected chi connectivity index (χ1v) is 3.77. The van der Waals surface area contributed by atoms with Crippen molar-refractivity contribution in [1.29, 1.82) is 0 Å². The van der Waals surface area contributed by atoms with Gasteiger partial charge >= 0.3 is 6.01 Å². The van der Waals surface area contributed by atoms with Gasteiger partial charge in [-0.25, -0.2) is 9.97 Å². The predicted molar refractivity (Wildman–Crippen MR) is 45.8 cm³/mol. The molecule has 0 saturated heterocycles. The van der Waals surface area contributed by atoms with E-state index in [-0.39, 0.29) is 5.54 Å². The van der Waals surface area contributed by atoms with Crippen LogP contribution in [0.5, 0.6) is 6.01 Å². The van der Waals surface area contributed by atoms with Crippen LogP contribution < -0.4 is 10.5 Å². The summed E-state index contributed by atoms with van der Waals surface area (Å²) < 4.78 is 5.22. The molecule has 2 N–H and O–H groups in total. The maximum absolute atomic E-state index is 5.70. The Morgan fingerprint density at radius 1 is 1.42 bits per heavy atom. The van der Waals surface area contributed by atoms with Gasteiger partial charge in [-0.2, -0.15) is 0 Å². The van der Waals surface area contributed by atoms with Crippen molar-refractivity contribution in [2.45, 2.75) is 19.4 Å². The second-order valence-corrected chi connectivity index (χ2v) is 3.31. The number of ether oxygens (including phenoxy) is 1. The summed E-state index contributed by atoms with van der Waals surface area (Å²) in [5.74, 6) is 0. The van der Waals surface area contributed by atoms with Crippen molar-refractivity contribution in [1.82, 2.24) is 9.97 Å². The first kappa shape index (κ1) is 8.93. The minimum Gasteiger partial charge on any atom is -0.462 e. The van der Waals surface area contributed by atoms with E-state index < -0.39 is 0 Å². The zero-order valence-electron chi connectivity index (χ0n) is 7.32. The van der Waals surface area contributed by atoms with Gasteiger partial charge in [-0.15, -0.1) is 0 Å². The Morgan fingerprint density at radius 2 is 2.00 bits per heavy atom. The molecule has 1 rings (SSSR count). The highest BCUT2D eigenvalue weighted by Crippen LogP contribution is 2.02. The van der Waals surface area contributed by atoms with Gasteiger partial charge in [0, 0.05) is 17.9 Å². The molecule has 0 aliphatic heterocycles. The fourth-order valence-corrected chi connectivity index (χ4v) is 0.611. The topological polar surface area (TPSA) is 61.0 Å². The van der Waals surface area contributed by atoms with Gasteiger partial charge in [0.15, 0.2) is 0 Å². The number of hydrogen-bond acceptors (Lipinski definition) is 4. The molecular formula is C8H13N3O. The van der Waals surface area contributed by atoms with Crippen LogP contribution in [0.15, 0.2) is 18.5 Å². The Morgan fingerprint density at radius 3 is 2.50 bits per heavy atom. The number of hydrogen-bond donors (Lipinski definition) is 1. The lowest BCUT2D eigenvalue weighted by molar-refractivity contribution is 0.226. The summed E-state index contributed by atoms with van der Waals surface area (Å²) in [7, 11) is 0. The number of nitrogens with zero attached hydrogens (tertiary/aromatic N) is 2. The van der Waals surface area contributed by atoms with Crippen molar-refractivity contribution < 1.29 is 4.74 Å². The smallest absolute Gasteiger partial charge is 0.316 e. The van der Waals surface area contributed by atoms with Gasteiger partial charge in [-0.3, -0.25) is 0 Å². The second kappa shape index (κ2) is 3.49. The zero-order chi connectivity index (χ0) is 9.03. The summed E-state index contributed by atoms with van der Waals surface area (Å²) in [4.78, 5) is 7.79. The maximum Gasteiger partial charge on any atom is 0.316 e. The first-order chi connectivity index (χ1) is 5.58. The van der Waals surface area contributed by atoms with Crippen molar-refractivity contribution in [3.8, 4) is 6.01 Å². The minimum absolute atomic E-state index is 0.348. The molecule has 0 radical (unpaired) electrons. The molecule has 1 aromatic heterocycles. The van der Waals surface area contributed by atoms with Gasteiger partial charge in [0.1, 0.15) is 6.61 Å². The molecule has 0 unspecified atom stereocenters. The summed E-state index contributed by atoms with van der Waals surface area (Å²) in [6.45, 7) is 4.18. The highest BCUT2D eigenvalue weighted by Gasteiger charge is 2.11. The minimum atomic E-state index is -0.348. The third kappa shape index (κ3) is 3.30. The van der Waals surface area contributed by atoms with Crippen molar-refractivity contribution in [3.63, 3.8) is 0 Å². The monoisotopic (exact) mass is 167 g/mol. The Balaban J connectivity index is 2.44. The Bertz CT molecular complexity index is 230. The quantitative estimate of drug-likeness (QED) is 0.715. The van der Waals surface area contributed by atoms with Gasteiger partial charge in [-0.05, 0) is 19.9 Å². The van der Waals surface area contributed by atoms with Crippen LogP contribution in [0.1, 0.15) is 13.8 Å². The molecule has 0 fully saturated rings. The molecule has 12 heavy (non-hydrogen) atoms. The molecule has 66 valence electrons. The standard InChI is InChI=1S/C8H13N3O/c1-8(2,9)6-12-7-10-4-3-5-11-7/h3-5H,6,9H2,1-2H3. The molecule has 4 nitrogen and oxygen atoms in total. The zero-order valence-corrected chi connectivity index (χ0v) is 7.32. The van der Waals surface area contributed by atoms with E-state index in [1.54, 1.807) is 18.5 Å². The fraction of sp³-hybridized carbons (Fsp3) is 0.500. The second-order valence-electron chi connectivity index (χ2n) is 3.31. The van der Waals surface area contributed by atoms with Gasteiger partial charge in [0.05, 0.1) is 0 Å². The van der Waals surface area contributed by atoms with E-state index in [2.05, 4.69) is 9.97 Å². The van der Waals surface area contributed by atoms with Crippen LogP contribution in [-0.2, 0) is 0 Å². The number of rotatable bonds is 3. The molecule has 0 spiro atoms. The van der Waals surface area contributed by atoms with Crippen LogP contribution in [0.4, 0.5) is 0 Å².